The van der Waals surface area contributed by atoms with Gasteiger partial charge in [0.15, 0.2) is 0 Å². The molecule has 2 atom stereocenters. The zero-order chi connectivity index (χ0) is 18.1. The SMILES string of the molecule is COc1ncccc1Sc1ccc(C(=O)N[C@@H]2C3CCN(CC3)[C@@H]2C)s1. The molecule has 3 aliphatic rings. The Kier molecular flexibility index (Phi) is 5.20. The Morgan fingerprint density at radius 1 is 1.35 bits per heavy atom. The third-order valence-electron chi connectivity index (χ3n) is 5.42. The largest absolute Gasteiger partial charge is 0.480 e. The topological polar surface area (TPSA) is 54.5 Å². The fourth-order valence-electron chi connectivity index (χ4n) is 3.98. The summed E-state index contributed by atoms with van der Waals surface area (Å²) >= 11 is 3.10. The molecule has 2 aromatic rings. The number of hydrogen-bond acceptors (Lipinski definition) is 6. The number of fused-ring (bicyclic) bond motifs is 3. The molecular formula is C19H23N3O2S2. The molecule has 138 valence electrons. The summed E-state index contributed by atoms with van der Waals surface area (Å²) in [5, 5.41) is 3.30. The van der Waals surface area contributed by atoms with Gasteiger partial charge in [0.1, 0.15) is 0 Å². The predicted molar refractivity (Wildman–Crippen MR) is 104 cm³/mol. The van der Waals surface area contributed by atoms with Crippen molar-refractivity contribution in [3.63, 3.8) is 0 Å². The summed E-state index contributed by atoms with van der Waals surface area (Å²) in [5.41, 5.74) is 0. The molecule has 3 aliphatic heterocycles. The summed E-state index contributed by atoms with van der Waals surface area (Å²) in [4.78, 5) is 21.2. The van der Waals surface area contributed by atoms with Crippen molar-refractivity contribution >= 4 is 29.0 Å². The van der Waals surface area contributed by atoms with Crippen LogP contribution in [0.2, 0.25) is 0 Å². The molecule has 5 nitrogen and oxygen atoms in total. The van der Waals surface area contributed by atoms with E-state index in [0.29, 0.717) is 17.8 Å². The van der Waals surface area contributed by atoms with Gasteiger partial charge in [-0.1, -0.05) is 11.8 Å². The highest BCUT2D eigenvalue weighted by atomic mass is 32.2. The van der Waals surface area contributed by atoms with Crippen LogP contribution in [0.25, 0.3) is 0 Å². The molecule has 26 heavy (non-hydrogen) atoms. The third kappa shape index (κ3) is 3.48. The van der Waals surface area contributed by atoms with Crippen LogP contribution in [0.3, 0.4) is 0 Å². The van der Waals surface area contributed by atoms with E-state index in [0.717, 1.165) is 14.0 Å². The van der Waals surface area contributed by atoms with Gasteiger partial charge >= 0.3 is 0 Å². The highest BCUT2D eigenvalue weighted by Gasteiger charge is 2.40. The lowest BCUT2D eigenvalue weighted by Crippen LogP contribution is -2.62. The van der Waals surface area contributed by atoms with Gasteiger partial charge in [-0.2, -0.15) is 0 Å². The first-order valence-corrected chi connectivity index (χ1v) is 10.6. The number of rotatable bonds is 5. The summed E-state index contributed by atoms with van der Waals surface area (Å²) in [6.07, 6.45) is 4.11. The molecule has 0 saturated carbocycles. The first-order valence-electron chi connectivity index (χ1n) is 8.97. The Bertz CT molecular complexity index is 785. The molecule has 0 unspecified atom stereocenters. The Morgan fingerprint density at radius 3 is 2.88 bits per heavy atom. The van der Waals surface area contributed by atoms with Gasteiger partial charge in [-0.05, 0) is 63.0 Å². The van der Waals surface area contributed by atoms with Gasteiger partial charge in [-0.15, -0.1) is 11.3 Å². The summed E-state index contributed by atoms with van der Waals surface area (Å²) in [7, 11) is 1.62. The molecule has 0 radical (unpaired) electrons. The average molecular weight is 390 g/mol. The number of nitrogens with zero attached hydrogens (tertiary/aromatic N) is 2. The van der Waals surface area contributed by atoms with Crippen LogP contribution in [0.5, 0.6) is 5.88 Å². The van der Waals surface area contributed by atoms with E-state index in [-0.39, 0.29) is 11.9 Å². The van der Waals surface area contributed by atoms with Crippen LogP contribution >= 0.6 is 23.1 Å². The minimum Gasteiger partial charge on any atom is -0.480 e. The normalized spacial score (nSPS) is 27.3. The molecule has 3 saturated heterocycles. The zero-order valence-electron chi connectivity index (χ0n) is 15.0. The molecule has 3 fully saturated rings. The van der Waals surface area contributed by atoms with Crippen LogP contribution in [-0.4, -0.2) is 48.1 Å². The standard InChI is InChI=1S/C19H23N3O2S2/c1-12-17(13-7-10-22(12)11-8-13)21-18(23)14-5-6-16(25-14)26-15-4-3-9-20-19(15)24-2/h3-6,9,12-13,17H,7-8,10-11H2,1-2H3,(H,21,23)/t12-,17+/m1/s1. The fraction of sp³-hybridized carbons (Fsp3) is 0.474. The zero-order valence-corrected chi connectivity index (χ0v) is 16.6. The summed E-state index contributed by atoms with van der Waals surface area (Å²) in [6, 6.07) is 8.47. The summed E-state index contributed by atoms with van der Waals surface area (Å²) < 4.78 is 6.36. The minimum atomic E-state index is 0.0469. The number of carbonyl (C=O) groups excluding carboxylic acids is 1. The molecule has 7 heteroatoms. The second-order valence-corrected chi connectivity index (χ2v) is 9.27. The highest BCUT2D eigenvalue weighted by Crippen LogP contribution is 2.37. The molecule has 5 heterocycles. The number of pyridine rings is 1. The van der Waals surface area contributed by atoms with Gasteiger partial charge in [0.25, 0.3) is 5.91 Å². The molecule has 0 spiro atoms. The molecule has 0 aliphatic carbocycles. The van der Waals surface area contributed by atoms with Crippen molar-refractivity contribution < 1.29 is 9.53 Å². The first-order chi connectivity index (χ1) is 12.7. The number of methoxy groups -OCH3 is 1. The predicted octanol–water partition coefficient (Wildman–Crippen LogP) is 3.52. The molecule has 2 bridgehead atoms. The monoisotopic (exact) mass is 389 g/mol. The number of ether oxygens (including phenoxy) is 1. The van der Waals surface area contributed by atoms with E-state index in [1.807, 2.05) is 24.3 Å². The highest BCUT2D eigenvalue weighted by molar-refractivity contribution is 8.01. The van der Waals surface area contributed by atoms with Gasteiger partial charge in [0.2, 0.25) is 5.88 Å². The molecular weight excluding hydrogens is 366 g/mol. The lowest BCUT2D eigenvalue weighted by molar-refractivity contribution is 0.0218. The van der Waals surface area contributed by atoms with Gasteiger partial charge in [-0.3, -0.25) is 9.69 Å². The number of aromatic nitrogens is 1. The summed E-state index contributed by atoms with van der Waals surface area (Å²) in [6.45, 7) is 4.58. The van der Waals surface area contributed by atoms with Crippen molar-refractivity contribution in [2.45, 2.75) is 41.0 Å². The average Bonchev–Trinajstić information content (AvgIpc) is 3.14. The van der Waals surface area contributed by atoms with Crippen LogP contribution in [-0.2, 0) is 0 Å². The third-order valence-corrected chi connectivity index (χ3v) is 7.67. The summed E-state index contributed by atoms with van der Waals surface area (Å²) in [5.74, 6) is 1.27. The van der Waals surface area contributed by atoms with Crippen LogP contribution < -0.4 is 10.1 Å². The Labute approximate surface area is 162 Å². The van der Waals surface area contributed by atoms with E-state index in [2.05, 4.69) is 22.1 Å². The van der Waals surface area contributed by atoms with Gasteiger partial charge in [0, 0.05) is 18.3 Å². The number of amides is 1. The first kappa shape index (κ1) is 17.8. The number of nitrogens with one attached hydrogen (secondary N) is 1. The molecule has 1 N–H and O–H groups in total. The van der Waals surface area contributed by atoms with Gasteiger partial charge in [0.05, 0.1) is 21.1 Å². The van der Waals surface area contributed by atoms with E-state index < -0.39 is 0 Å². The van der Waals surface area contributed by atoms with E-state index >= 15 is 0 Å². The van der Waals surface area contributed by atoms with Crippen molar-refractivity contribution in [2.75, 3.05) is 20.2 Å². The smallest absolute Gasteiger partial charge is 0.261 e. The maximum atomic E-state index is 12.8. The van der Waals surface area contributed by atoms with Crippen LogP contribution in [0.15, 0.2) is 39.6 Å². The van der Waals surface area contributed by atoms with Crippen molar-refractivity contribution in [1.29, 1.82) is 0 Å². The molecule has 5 rings (SSSR count). The van der Waals surface area contributed by atoms with Crippen LogP contribution in [0.1, 0.15) is 29.4 Å². The maximum absolute atomic E-state index is 12.8. The van der Waals surface area contributed by atoms with E-state index in [1.165, 1.54) is 37.3 Å². The second kappa shape index (κ2) is 7.58. The Hall–Kier alpha value is -1.57. The number of thiophene rings is 1. The number of hydrogen-bond donors (Lipinski definition) is 1. The van der Waals surface area contributed by atoms with Crippen molar-refractivity contribution in [3.8, 4) is 5.88 Å². The van der Waals surface area contributed by atoms with Crippen LogP contribution in [0, 0.1) is 5.92 Å². The lowest BCUT2D eigenvalue weighted by atomic mass is 9.79. The van der Waals surface area contributed by atoms with Crippen LogP contribution in [0.4, 0.5) is 0 Å². The van der Waals surface area contributed by atoms with Crippen molar-refractivity contribution in [1.82, 2.24) is 15.2 Å². The second-order valence-electron chi connectivity index (χ2n) is 6.84. The van der Waals surface area contributed by atoms with Gasteiger partial charge in [-0.25, -0.2) is 4.98 Å². The van der Waals surface area contributed by atoms with Gasteiger partial charge < -0.3 is 10.1 Å². The van der Waals surface area contributed by atoms with E-state index in [1.54, 1.807) is 25.1 Å². The fourth-order valence-corrected chi connectivity index (χ4v) is 6.05. The van der Waals surface area contributed by atoms with Crippen molar-refractivity contribution in [2.24, 2.45) is 5.92 Å². The van der Waals surface area contributed by atoms with E-state index in [9.17, 15) is 4.79 Å². The number of piperidine rings is 3. The molecule has 0 aromatic carbocycles. The maximum Gasteiger partial charge on any atom is 0.261 e. The molecule has 2 aromatic heterocycles. The number of carbonyl (C=O) groups is 1. The van der Waals surface area contributed by atoms with E-state index in [4.69, 9.17) is 4.74 Å². The Balaban J connectivity index is 1.43. The minimum absolute atomic E-state index is 0.0469. The quantitative estimate of drug-likeness (QED) is 0.848. The molecule has 1 amide bonds. The Morgan fingerprint density at radius 2 is 2.15 bits per heavy atom. The van der Waals surface area contributed by atoms with Crippen molar-refractivity contribution in [3.05, 3.63) is 35.3 Å². The lowest BCUT2D eigenvalue weighted by Gasteiger charge is -2.49.